The summed E-state index contributed by atoms with van der Waals surface area (Å²) in [4.78, 5) is 0. The summed E-state index contributed by atoms with van der Waals surface area (Å²) < 4.78 is 12.8. The van der Waals surface area contributed by atoms with Gasteiger partial charge in [0, 0.05) is 10.5 Å². The fraction of sp³-hybridized carbons (Fsp3) is 0.455. The van der Waals surface area contributed by atoms with Crippen LogP contribution in [0.5, 0.6) is 0 Å². The second-order valence-corrected chi connectivity index (χ2v) is 10.2. The molecule has 1 aromatic rings. The van der Waals surface area contributed by atoms with Crippen molar-refractivity contribution in [3.63, 3.8) is 0 Å². The van der Waals surface area contributed by atoms with Crippen molar-refractivity contribution in [2.45, 2.75) is 25.9 Å². The van der Waals surface area contributed by atoms with Gasteiger partial charge in [0.05, 0.1) is 0 Å². The van der Waals surface area contributed by atoms with E-state index in [4.69, 9.17) is 0 Å². The topological polar surface area (TPSA) is 17.1 Å². The van der Waals surface area contributed by atoms with Crippen LogP contribution in [0.1, 0.15) is 20.8 Å². The van der Waals surface area contributed by atoms with Crippen molar-refractivity contribution in [3.05, 3.63) is 30.3 Å². The van der Waals surface area contributed by atoms with E-state index in [2.05, 4.69) is 0 Å². The van der Waals surface area contributed by atoms with Crippen LogP contribution in [0.25, 0.3) is 0 Å². The van der Waals surface area contributed by atoms with E-state index >= 15 is 0 Å². The van der Waals surface area contributed by atoms with Gasteiger partial charge in [0.15, 0.2) is 6.34 Å². The maximum atomic E-state index is 12.8. The molecule has 0 amide bonds. The highest BCUT2D eigenvalue weighted by Crippen LogP contribution is 2.65. The van der Waals surface area contributed by atoms with Crippen molar-refractivity contribution in [1.29, 1.82) is 0 Å². The monoisotopic (exact) mass is 228 g/mol. The maximum absolute atomic E-state index is 12.8. The van der Waals surface area contributed by atoms with Crippen molar-refractivity contribution in [2.24, 2.45) is 0 Å². The molecule has 0 saturated carbocycles. The van der Waals surface area contributed by atoms with E-state index in [1.807, 2.05) is 57.4 Å². The Balaban J connectivity index is 3.23. The molecule has 0 N–H and O–H groups in total. The summed E-state index contributed by atoms with van der Waals surface area (Å²) in [7, 11) is 0. The van der Waals surface area contributed by atoms with Gasteiger partial charge in [0.25, 0.3) is 0 Å². The molecule has 1 aromatic carbocycles. The SMILES string of the molecule is CS[P@](=O)(c1ccccc1)C(C)(C)C. The standard InChI is InChI=1S/C11H17OPS/c1-11(2,3)13(12,14-4)10-8-6-5-7-9-10/h5-9H,1-4H3/t13-/m1/s1. The molecule has 14 heavy (non-hydrogen) atoms. The lowest BCUT2D eigenvalue weighted by Crippen LogP contribution is -2.20. The first kappa shape index (κ1) is 11.9. The van der Waals surface area contributed by atoms with E-state index in [0.717, 1.165) is 5.30 Å². The molecule has 1 nitrogen and oxygen atoms in total. The number of hydrogen-bond donors (Lipinski definition) is 0. The summed E-state index contributed by atoms with van der Waals surface area (Å²) in [6, 6.07) is 9.77. The first-order chi connectivity index (χ1) is 6.42. The fourth-order valence-corrected chi connectivity index (χ4v) is 6.13. The van der Waals surface area contributed by atoms with Gasteiger partial charge in [0.1, 0.15) is 0 Å². The Bertz CT molecular complexity index is 340. The quantitative estimate of drug-likeness (QED) is 0.717. The molecule has 0 spiro atoms. The fourth-order valence-electron chi connectivity index (χ4n) is 1.39. The van der Waals surface area contributed by atoms with Crippen molar-refractivity contribution >= 4 is 23.0 Å². The Morgan fingerprint density at radius 3 is 2.00 bits per heavy atom. The van der Waals surface area contributed by atoms with Gasteiger partial charge in [-0.05, 0) is 6.26 Å². The lowest BCUT2D eigenvalue weighted by molar-refractivity contribution is 0.568. The van der Waals surface area contributed by atoms with Gasteiger partial charge >= 0.3 is 0 Å². The third-order valence-electron chi connectivity index (χ3n) is 2.24. The van der Waals surface area contributed by atoms with E-state index in [-0.39, 0.29) is 5.16 Å². The minimum absolute atomic E-state index is 0.173. The molecule has 0 heterocycles. The van der Waals surface area contributed by atoms with Crippen molar-refractivity contribution in [2.75, 3.05) is 6.26 Å². The lowest BCUT2D eigenvalue weighted by atomic mass is 10.3. The molecule has 0 aromatic heterocycles. The van der Waals surface area contributed by atoms with Gasteiger partial charge in [-0.1, -0.05) is 62.5 Å². The Labute approximate surface area is 90.4 Å². The Kier molecular flexibility index (Phi) is 3.49. The zero-order valence-corrected chi connectivity index (χ0v) is 10.9. The van der Waals surface area contributed by atoms with Gasteiger partial charge in [-0.2, -0.15) is 0 Å². The van der Waals surface area contributed by atoms with E-state index in [0.29, 0.717) is 0 Å². The second-order valence-electron chi connectivity index (χ2n) is 4.24. The summed E-state index contributed by atoms with van der Waals surface area (Å²) in [5, 5.41) is 0.799. The molecule has 0 radical (unpaired) electrons. The second kappa shape index (κ2) is 4.12. The zero-order valence-electron chi connectivity index (χ0n) is 9.15. The number of rotatable bonds is 2. The first-order valence-electron chi connectivity index (χ1n) is 4.63. The third-order valence-corrected chi connectivity index (χ3v) is 9.31. The minimum atomic E-state index is -2.32. The van der Waals surface area contributed by atoms with Crippen LogP contribution in [0.15, 0.2) is 30.3 Å². The summed E-state index contributed by atoms with van der Waals surface area (Å²) in [6.45, 7) is 6.12. The molecule has 0 fully saturated rings. The summed E-state index contributed by atoms with van der Waals surface area (Å²) in [5.74, 6) is 0. The molecule has 0 aliphatic rings. The highest BCUT2D eigenvalue weighted by molar-refractivity contribution is 8.60. The van der Waals surface area contributed by atoms with Crippen molar-refractivity contribution < 1.29 is 4.57 Å². The lowest BCUT2D eigenvalue weighted by Gasteiger charge is -2.29. The van der Waals surface area contributed by atoms with Crippen LogP contribution in [0.3, 0.4) is 0 Å². The van der Waals surface area contributed by atoms with Crippen LogP contribution in [0.2, 0.25) is 0 Å². The summed E-state index contributed by atoms with van der Waals surface area (Å²) >= 11 is 1.49. The van der Waals surface area contributed by atoms with E-state index in [1.54, 1.807) is 0 Å². The van der Waals surface area contributed by atoms with Crippen LogP contribution in [0.4, 0.5) is 0 Å². The average Bonchev–Trinajstić information content (AvgIpc) is 2.16. The van der Waals surface area contributed by atoms with Gasteiger partial charge in [-0.3, -0.25) is 0 Å². The molecule has 0 unspecified atom stereocenters. The highest BCUT2D eigenvalue weighted by atomic mass is 32.7. The molecular formula is C11H17OPS. The maximum Gasteiger partial charge on any atom is 0.171 e. The predicted molar refractivity (Wildman–Crippen MR) is 67.0 cm³/mol. The van der Waals surface area contributed by atoms with Gasteiger partial charge in [-0.15, -0.1) is 0 Å². The third kappa shape index (κ3) is 2.07. The van der Waals surface area contributed by atoms with Crippen LogP contribution >= 0.6 is 17.7 Å². The molecule has 3 heteroatoms. The predicted octanol–water partition coefficient (Wildman–Crippen LogP) is 3.75. The Hall–Kier alpha value is -0.200. The zero-order chi connectivity index (χ0) is 10.8. The van der Waals surface area contributed by atoms with Crippen molar-refractivity contribution in [3.8, 4) is 0 Å². The highest BCUT2D eigenvalue weighted by Gasteiger charge is 2.37. The van der Waals surface area contributed by atoms with Gasteiger partial charge < -0.3 is 4.57 Å². The number of hydrogen-bond acceptors (Lipinski definition) is 2. The largest absolute Gasteiger partial charge is 0.307 e. The molecule has 0 bridgehead atoms. The van der Waals surface area contributed by atoms with Crippen LogP contribution in [-0.4, -0.2) is 11.4 Å². The molecular weight excluding hydrogens is 211 g/mol. The van der Waals surface area contributed by atoms with Crippen LogP contribution in [0, 0.1) is 0 Å². The summed E-state index contributed by atoms with van der Waals surface area (Å²) in [6.07, 6.45) is -0.390. The van der Waals surface area contributed by atoms with Gasteiger partial charge in [0.2, 0.25) is 0 Å². The molecule has 1 atom stereocenters. The minimum Gasteiger partial charge on any atom is -0.307 e. The average molecular weight is 228 g/mol. The molecule has 0 aliphatic heterocycles. The number of benzene rings is 1. The Morgan fingerprint density at radius 1 is 1.14 bits per heavy atom. The van der Waals surface area contributed by atoms with E-state index in [1.165, 1.54) is 11.4 Å². The smallest absolute Gasteiger partial charge is 0.171 e. The molecule has 0 aliphatic carbocycles. The molecule has 1 rings (SSSR count). The van der Waals surface area contributed by atoms with Crippen LogP contribution < -0.4 is 5.30 Å². The van der Waals surface area contributed by atoms with Crippen molar-refractivity contribution in [1.82, 2.24) is 0 Å². The van der Waals surface area contributed by atoms with Gasteiger partial charge in [-0.25, -0.2) is 0 Å². The van der Waals surface area contributed by atoms with E-state index < -0.39 is 6.34 Å². The Morgan fingerprint density at radius 2 is 1.64 bits per heavy atom. The van der Waals surface area contributed by atoms with E-state index in [9.17, 15) is 4.57 Å². The normalized spacial score (nSPS) is 16.3. The summed E-state index contributed by atoms with van der Waals surface area (Å²) in [5.41, 5.74) is 0. The first-order valence-corrected chi connectivity index (χ1v) is 8.17. The van der Waals surface area contributed by atoms with Crippen LogP contribution in [-0.2, 0) is 4.57 Å². The molecule has 0 saturated heterocycles. The molecule has 78 valence electrons.